The molecule has 0 unspecified atom stereocenters. The first-order valence-corrected chi connectivity index (χ1v) is 11.4. The third-order valence-corrected chi connectivity index (χ3v) is 6.65. The molecular weight excluding hydrogens is 420 g/mol. The number of anilines is 2. The van der Waals surface area contributed by atoms with Gasteiger partial charge in [0.05, 0.1) is 10.3 Å². The lowest BCUT2D eigenvalue weighted by molar-refractivity contribution is 0.588. The molecule has 0 saturated carbocycles. The van der Waals surface area contributed by atoms with Crippen LogP contribution >= 0.6 is 11.9 Å². The van der Waals surface area contributed by atoms with Gasteiger partial charge in [0.15, 0.2) is 0 Å². The number of fused-ring (bicyclic) bond motifs is 1. The number of nitrogens with one attached hydrogen (secondary N) is 4. The molecule has 4 aromatic rings. The number of aromatic amines is 1. The summed E-state index contributed by atoms with van der Waals surface area (Å²) in [5, 5.41) is 4.20. The smallest absolute Gasteiger partial charge is 0.240 e. The molecule has 0 atom stereocenters. The minimum Gasteiger partial charge on any atom is -0.345 e. The lowest BCUT2D eigenvalue weighted by Crippen LogP contribution is -2.18. The summed E-state index contributed by atoms with van der Waals surface area (Å²) in [4.78, 5) is 13.2. The van der Waals surface area contributed by atoms with Gasteiger partial charge in [0.2, 0.25) is 10.0 Å². The van der Waals surface area contributed by atoms with E-state index >= 15 is 0 Å². The summed E-state index contributed by atoms with van der Waals surface area (Å²) in [6.45, 7) is 0. The lowest BCUT2D eigenvalue weighted by atomic mass is 10.1. The molecule has 4 rings (SSSR count). The van der Waals surface area contributed by atoms with Crippen molar-refractivity contribution in [2.45, 2.75) is 9.79 Å². The Morgan fingerprint density at radius 1 is 1.03 bits per heavy atom. The summed E-state index contributed by atoms with van der Waals surface area (Å²) in [5.74, 6) is 0.662. The molecule has 154 valence electrons. The van der Waals surface area contributed by atoms with Crippen LogP contribution in [0.5, 0.6) is 0 Å². The van der Waals surface area contributed by atoms with E-state index in [2.05, 4.69) is 29.7 Å². The molecular formula is C20H20N6O2S2. The first kappa shape index (κ1) is 20.4. The van der Waals surface area contributed by atoms with Gasteiger partial charge in [0.25, 0.3) is 0 Å². The molecule has 8 nitrogen and oxygen atoms in total. The van der Waals surface area contributed by atoms with Gasteiger partial charge >= 0.3 is 0 Å². The molecule has 2 aromatic carbocycles. The number of hydrogen-bond donors (Lipinski definition) is 4. The Kier molecular flexibility index (Phi) is 5.73. The summed E-state index contributed by atoms with van der Waals surface area (Å²) >= 11 is 1.53. The molecule has 0 aliphatic heterocycles. The van der Waals surface area contributed by atoms with Crippen molar-refractivity contribution in [3.63, 3.8) is 0 Å². The van der Waals surface area contributed by atoms with Crippen LogP contribution in [-0.2, 0) is 10.0 Å². The van der Waals surface area contributed by atoms with E-state index in [1.165, 1.54) is 25.3 Å². The van der Waals surface area contributed by atoms with Crippen molar-refractivity contribution in [3.05, 3.63) is 61.1 Å². The van der Waals surface area contributed by atoms with Crippen molar-refractivity contribution in [1.82, 2.24) is 24.4 Å². The highest BCUT2D eigenvalue weighted by Gasteiger charge is 2.15. The number of sulfonamides is 1. The fraction of sp³-hybridized carbons (Fsp3) is 0.100. The first-order valence-electron chi connectivity index (χ1n) is 9.08. The normalized spacial score (nSPS) is 11.7. The molecule has 0 fully saturated rings. The average Bonchev–Trinajstić information content (AvgIpc) is 3.20. The number of benzene rings is 2. The second-order valence-electron chi connectivity index (χ2n) is 6.34. The van der Waals surface area contributed by atoms with Gasteiger partial charge in [-0.25, -0.2) is 23.1 Å². The van der Waals surface area contributed by atoms with Gasteiger partial charge < -0.3 is 10.3 Å². The largest absolute Gasteiger partial charge is 0.345 e. The van der Waals surface area contributed by atoms with Crippen LogP contribution in [0.1, 0.15) is 0 Å². The minimum atomic E-state index is -3.49. The first-order chi connectivity index (χ1) is 14.5. The average molecular weight is 441 g/mol. The van der Waals surface area contributed by atoms with E-state index in [1.54, 1.807) is 24.3 Å². The molecule has 0 radical (unpaired) electrons. The molecule has 30 heavy (non-hydrogen) atoms. The second kappa shape index (κ2) is 8.44. The second-order valence-corrected chi connectivity index (χ2v) is 9.31. The topological polar surface area (TPSA) is 112 Å². The summed E-state index contributed by atoms with van der Waals surface area (Å²) < 4.78 is 29.4. The Hall–Kier alpha value is -2.92. The van der Waals surface area contributed by atoms with Crippen LogP contribution in [0.2, 0.25) is 0 Å². The summed E-state index contributed by atoms with van der Waals surface area (Å²) in [6.07, 6.45) is 3.35. The van der Waals surface area contributed by atoms with E-state index in [0.29, 0.717) is 11.5 Å². The zero-order valence-corrected chi connectivity index (χ0v) is 17.9. The van der Waals surface area contributed by atoms with Crippen LogP contribution < -0.4 is 14.8 Å². The molecule has 2 heterocycles. The molecule has 2 aromatic heterocycles. The van der Waals surface area contributed by atoms with Gasteiger partial charge in [0, 0.05) is 22.3 Å². The third-order valence-electron chi connectivity index (χ3n) is 4.53. The molecule has 4 N–H and O–H groups in total. The fourth-order valence-electron chi connectivity index (χ4n) is 3.11. The highest BCUT2D eigenvalue weighted by molar-refractivity contribution is 7.97. The van der Waals surface area contributed by atoms with E-state index in [1.807, 2.05) is 37.5 Å². The van der Waals surface area contributed by atoms with Crippen LogP contribution in [-0.4, -0.2) is 37.5 Å². The fourth-order valence-corrected chi connectivity index (χ4v) is 4.41. The predicted molar refractivity (Wildman–Crippen MR) is 120 cm³/mol. The van der Waals surface area contributed by atoms with Crippen LogP contribution in [0, 0.1) is 0 Å². The molecule has 0 saturated heterocycles. The van der Waals surface area contributed by atoms with Gasteiger partial charge in [-0.3, -0.25) is 4.72 Å². The summed E-state index contributed by atoms with van der Waals surface area (Å²) in [7, 11) is -0.222. The molecule has 0 amide bonds. The van der Waals surface area contributed by atoms with E-state index in [-0.39, 0.29) is 4.90 Å². The maximum Gasteiger partial charge on any atom is 0.240 e. The standard InChI is InChI=1S/C20H20N6O2S2/c1-21-29-15-5-3-4-14(10-15)26-20-18-17(11-23-19(18)24-12-25-20)13-6-8-16(9-7-13)30(27,28)22-2/h3-12,21-22H,1-2H3,(H2,23,24,25,26). The van der Waals surface area contributed by atoms with E-state index < -0.39 is 10.0 Å². The van der Waals surface area contributed by atoms with Crippen molar-refractivity contribution >= 4 is 44.5 Å². The lowest BCUT2D eigenvalue weighted by Gasteiger charge is -2.10. The van der Waals surface area contributed by atoms with Crippen LogP contribution in [0.3, 0.4) is 0 Å². The number of rotatable bonds is 7. The van der Waals surface area contributed by atoms with Crippen molar-refractivity contribution in [3.8, 4) is 11.1 Å². The molecule has 10 heteroatoms. The maximum atomic E-state index is 12.0. The highest BCUT2D eigenvalue weighted by atomic mass is 32.2. The van der Waals surface area contributed by atoms with Gasteiger partial charge in [-0.2, -0.15) is 0 Å². The van der Waals surface area contributed by atoms with Gasteiger partial charge in [-0.05, 0) is 61.9 Å². The zero-order chi connectivity index (χ0) is 21.1. The predicted octanol–water partition coefficient (Wildman–Crippen LogP) is 3.50. The van der Waals surface area contributed by atoms with E-state index in [4.69, 9.17) is 0 Å². The molecule has 0 spiro atoms. The Balaban J connectivity index is 1.74. The summed E-state index contributed by atoms with van der Waals surface area (Å²) in [5.41, 5.74) is 3.32. The molecule has 0 bridgehead atoms. The number of hydrogen-bond acceptors (Lipinski definition) is 7. The van der Waals surface area contributed by atoms with Gasteiger partial charge in [0.1, 0.15) is 17.8 Å². The summed E-state index contributed by atoms with van der Waals surface area (Å²) in [6, 6.07) is 14.7. The highest BCUT2D eigenvalue weighted by Crippen LogP contribution is 2.34. The molecule has 0 aliphatic rings. The van der Waals surface area contributed by atoms with Gasteiger partial charge in [-0.15, -0.1) is 0 Å². The van der Waals surface area contributed by atoms with Crippen molar-refractivity contribution < 1.29 is 8.42 Å². The quantitative estimate of drug-likeness (QED) is 0.325. The number of nitrogens with zero attached hydrogens (tertiary/aromatic N) is 2. The van der Waals surface area contributed by atoms with E-state index in [0.717, 1.165) is 27.1 Å². The van der Waals surface area contributed by atoms with Crippen LogP contribution in [0.15, 0.2) is 70.8 Å². The molecule has 0 aliphatic carbocycles. The van der Waals surface area contributed by atoms with Crippen molar-refractivity contribution in [2.75, 3.05) is 19.4 Å². The Labute approximate surface area is 178 Å². The monoisotopic (exact) mass is 440 g/mol. The zero-order valence-electron chi connectivity index (χ0n) is 16.3. The van der Waals surface area contributed by atoms with Gasteiger partial charge in [-0.1, -0.05) is 18.2 Å². The Bertz CT molecular complexity index is 1290. The number of H-pyrrole nitrogens is 1. The minimum absolute atomic E-state index is 0.210. The third kappa shape index (κ3) is 4.03. The van der Waals surface area contributed by atoms with Crippen LogP contribution in [0.25, 0.3) is 22.2 Å². The van der Waals surface area contributed by atoms with E-state index in [9.17, 15) is 8.42 Å². The Morgan fingerprint density at radius 3 is 2.57 bits per heavy atom. The van der Waals surface area contributed by atoms with Crippen molar-refractivity contribution in [1.29, 1.82) is 0 Å². The maximum absolute atomic E-state index is 12.0. The Morgan fingerprint density at radius 2 is 1.83 bits per heavy atom. The SMILES string of the molecule is CNSc1cccc(Nc2ncnc3[nH]cc(-c4ccc(S(=O)(=O)NC)cc4)c23)c1. The van der Waals surface area contributed by atoms with Crippen LogP contribution in [0.4, 0.5) is 11.5 Å². The number of aromatic nitrogens is 3. The van der Waals surface area contributed by atoms with Crippen molar-refractivity contribution in [2.24, 2.45) is 0 Å².